The predicted octanol–water partition coefficient (Wildman–Crippen LogP) is 2.89. The largest absolute Gasteiger partial charge is 0.453 e. The third-order valence-corrected chi connectivity index (χ3v) is 5.44. The van der Waals surface area contributed by atoms with Crippen molar-refractivity contribution in [2.45, 2.75) is 6.42 Å². The molecule has 1 aromatic heterocycles. The number of para-hydroxylation sites is 1. The van der Waals surface area contributed by atoms with Crippen LogP contribution in [0.1, 0.15) is 6.42 Å². The van der Waals surface area contributed by atoms with Gasteiger partial charge >= 0.3 is 0 Å². The van der Waals surface area contributed by atoms with Crippen LogP contribution in [0.3, 0.4) is 0 Å². The Morgan fingerprint density at radius 3 is 2.79 bits per heavy atom. The number of anilines is 1. The zero-order valence-electron chi connectivity index (χ0n) is 13.1. The standard InChI is InChI=1S/C19H17FN2O2/c20-15-3-1-2-14-17(23)13-5-4-12(8-16(13)24-18(14)15)22-7-6-19(11-22)9-21-10-19/h1-5,8,21H,6-7,9-11H2. The number of rotatable bonds is 1. The number of fused-ring (bicyclic) bond motifs is 2. The molecular weight excluding hydrogens is 307 g/mol. The fourth-order valence-electron chi connectivity index (χ4n) is 3.95. The van der Waals surface area contributed by atoms with Gasteiger partial charge in [0, 0.05) is 43.3 Å². The first-order valence-electron chi connectivity index (χ1n) is 8.26. The van der Waals surface area contributed by atoms with E-state index in [1.807, 2.05) is 12.1 Å². The van der Waals surface area contributed by atoms with Crippen LogP contribution in [0.5, 0.6) is 0 Å². The minimum atomic E-state index is -0.502. The van der Waals surface area contributed by atoms with Gasteiger partial charge in [0.05, 0.1) is 10.8 Å². The molecular formula is C19H17FN2O2. The van der Waals surface area contributed by atoms with E-state index in [2.05, 4.69) is 10.2 Å². The van der Waals surface area contributed by atoms with Crippen molar-refractivity contribution >= 4 is 27.6 Å². The molecule has 3 aromatic rings. The van der Waals surface area contributed by atoms with Crippen LogP contribution in [-0.2, 0) is 0 Å². The SMILES string of the molecule is O=c1c2ccc(N3CCC4(CNC4)C3)cc2oc2c(F)cccc12. The number of nitrogens with one attached hydrogen (secondary N) is 1. The molecule has 0 atom stereocenters. The summed E-state index contributed by atoms with van der Waals surface area (Å²) in [5.74, 6) is -0.502. The monoisotopic (exact) mass is 324 g/mol. The molecule has 2 fully saturated rings. The van der Waals surface area contributed by atoms with Crippen LogP contribution < -0.4 is 15.6 Å². The van der Waals surface area contributed by atoms with E-state index >= 15 is 0 Å². The van der Waals surface area contributed by atoms with Gasteiger partial charge in [0.1, 0.15) is 5.58 Å². The molecule has 1 N–H and O–H groups in total. The third kappa shape index (κ3) is 1.91. The van der Waals surface area contributed by atoms with Crippen molar-refractivity contribution in [2.24, 2.45) is 5.41 Å². The van der Waals surface area contributed by atoms with Crippen LogP contribution in [0, 0.1) is 11.2 Å². The highest BCUT2D eigenvalue weighted by Gasteiger charge is 2.42. The molecule has 0 amide bonds. The highest BCUT2D eigenvalue weighted by atomic mass is 19.1. The number of halogens is 1. The van der Waals surface area contributed by atoms with E-state index in [9.17, 15) is 9.18 Å². The van der Waals surface area contributed by atoms with Crippen molar-refractivity contribution < 1.29 is 8.81 Å². The van der Waals surface area contributed by atoms with Gasteiger partial charge in [-0.05, 0) is 30.7 Å². The van der Waals surface area contributed by atoms with Gasteiger partial charge in [-0.25, -0.2) is 4.39 Å². The van der Waals surface area contributed by atoms with E-state index in [-0.39, 0.29) is 16.4 Å². The lowest BCUT2D eigenvalue weighted by Crippen LogP contribution is -2.54. The van der Waals surface area contributed by atoms with Crippen LogP contribution in [0.25, 0.3) is 21.9 Å². The molecule has 2 aliphatic rings. The normalized spacial score (nSPS) is 19.3. The van der Waals surface area contributed by atoms with Gasteiger partial charge in [-0.3, -0.25) is 4.79 Å². The molecule has 5 rings (SSSR count). The third-order valence-electron chi connectivity index (χ3n) is 5.44. The molecule has 0 bridgehead atoms. The Balaban J connectivity index is 1.64. The number of hydrogen-bond acceptors (Lipinski definition) is 4. The van der Waals surface area contributed by atoms with Gasteiger partial charge in [0.2, 0.25) is 5.43 Å². The fourth-order valence-corrected chi connectivity index (χ4v) is 3.95. The average molecular weight is 324 g/mol. The first-order chi connectivity index (χ1) is 11.7. The maximum absolute atomic E-state index is 14.0. The lowest BCUT2D eigenvalue weighted by molar-refractivity contribution is 0.200. The molecule has 2 aromatic carbocycles. The molecule has 2 saturated heterocycles. The zero-order chi connectivity index (χ0) is 16.3. The van der Waals surface area contributed by atoms with Gasteiger partial charge in [0.25, 0.3) is 0 Å². The maximum Gasteiger partial charge on any atom is 0.200 e. The van der Waals surface area contributed by atoms with E-state index in [0.717, 1.165) is 31.9 Å². The molecule has 0 aliphatic carbocycles. The molecule has 0 unspecified atom stereocenters. The van der Waals surface area contributed by atoms with Crippen LogP contribution in [0.4, 0.5) is 10.1 Å². The molecule has 0 radical (unpaired) electrons. The van der Waals surface area contributed by atoms with Crippen LogP contribution in [0.15, 0.2) is 45.6 Å². The Morgan fingerprint density at radius 2 is 2.04 bits per heavy atom. The molecule has 5 heteroatoms. The molecule has 122 valence electrons. The predicted molar refractivity (Wildman–Crippen MR) is 92.1 cm³/mol. The summed E-state index contributed by atoms with van der Waals surface area (Å²) < 4.78 is 19.7. The first kappa shape index (κ1) is 14.0. The first-order valence-corrected chi connectivity index (χ1v) is 8.26. The Kier molecular flexibility index (Phi) is 2.80. The van der Waals surface area contributed by atoms with Gasteiger partial charge in [-0.15, -0.1) is 0 Å². The Hall–Kier alpha value is -2.40. The van der Waals surface area contributed by atoms with Crippen molar-refractivity contribution in [3.05, 3.63) is 52.4 Å². The van der Waals surface area contributed by atoms with Gasteiger partial charge < -0.3 is 14.6 Å². The highest BCUT2D eigenvalue weighted by molar-refractivity contribution is 5.91. The summed E-state index contributed by atoms with van der Waals surface area (Å²) >= 11 is 0. The topological polar surface area (TPSA) is 45.5 Å². The van der Waals surface area contributed by atoms with Crippen LogP contribution in [-0.4, -0.2) is 26.2 Å². The lowest BCUT2D eigenvalue weighted by atomic mass is 9.81. The minimum Gasteiger partial charge on any atom is -0.453 e. The number of benzene rings is 2. The summed E-state index contributed by atoms with van der Waals surface area (Å²) in [4.78, 5) is 14.9. The minimum absolute atomic E-state index is 0.0354. The second-order valence-corrected chi connectivity index (χ2v) is 7.00. The summed E-state index contributed by atoms with van der Waals surface area (Å²) in [5.41, 5.74) is 1.73. The Morgan fingerprint density at radius 1 is 1.17 bits per heavy atom. The zero-order valence-corrected chi connectivity index (χ0v) is 13.1. The maximum atomic E-state index is 14.0. The number of nitrogens with zero attached hydrogens (tertiary/aromatic N) is 1. The molecule has 1 spiro atoms. The summed E-state index contributed by atoms with van der Waals surface area (Å²) in [7, 11) is 0. The van der Waals surface area contributed by atoms with E-state index in [1.54, 1.807) is 12.1 Å². The summed E-state index contributed by atoms with van der Waals surface area (Å²) in [6.45, 7) is 4.15. The van der Waals surface area contributed by atoms with E-state index < -0.39 is 5.82 Å². The molecule has 4 nitrogen and oxygen atoms in total. The molecule has 3 heterocycles. The number of hydrogen-bond donors (Lipinski definition) is 1. The van der Waals surface area contributed by atoms with E-state index in [4.69, 9.17) is 4.42 Å². The summed E-state index contributed by atoms with van der Waals surface area (Å²) in [6, 6.07) is 10.1. The van der Waals surface area contributed by atoms with Crippen LogP contribution >= 0.6 is 0 Å². The Bertz CT molecular complexity index is 1020. The van der Waals surface area contributed by atoms with Crippen molar-refractivity contribution in [1.82, 2.24) is 5.32 Å². The van der Waals surface area contributed by atoms with E-state index in [1.165, 1.54) is 18.6 Å². The van der Waals surface area contributed by atoms with Gasteiger partial charge in [0.15, 0.2) is 11.4 Å². The fraction of sp³-hybridized carbons (Fsp3) is 0.316. The summed E-state index contributed by atoms with van der Waals surface area (Å²) in [6.07, 6.45) is 1.17. The van der Waals surface area contributed by atoms with Crippen molar-refractivity contribution in [3.8, 4) is 0 Å². The van der Waals surface area contributed by atoms with Gasteiger partial charge in [-0.1, -0.05) is 6.07 Å². The molecule has 0 saturated carbocycles. The Labute approximate surface area is 137 Å². The lowest BCUT2D eigenvalue weighted by Gasteiger charge is -2.39. The van der Waals surface area contributed by atoms with E-state index in [0.29, 0.717) is 16.4 Å². The van der Waals surface area contributed by atoms with Crippen molar-refractivity contribution in [3.63, 3.8) is 0 Å². The molecule has 24 heavy (non-hydrogen) atoms. The smallest absolute Gasteiger partial charge is 0.200 e. The van der Waals surface area contributed by atoms with Crippen LogP contribution in [0.2, 0.25) is 0 Å². The quantitative estimate of drug-likeness (QED) is 0.699. The highest BCUT2D eigenvalue weighted by Crippen LogP contribution is 2.37. The van der Waals surface area contributed by atoms with Crippen molar-refractivity contribution in [2.75, 3.05) is 31.1 Å². The average Bonchev–Trinajstić information content (AvgIpc) is 3.02. The second kappa shape index (κ2) is 4.80. The second-order valence-electron chi connectivity index (χ2n) is 7.00. The summed E-state index contributed by atoms with van der Waals surface area (Å²) in [5, 5.41) is 4.14. The van der Waals surface area contributed by atoms with Crippen molar-refractivity contribution in [1.29, 1.82) is 0 Å². The molecule has 2 aliphatic heterocycles. The van der Waals surface area contributed by atoms with Gasteiger partial charge in [-0.2, -0.15) is 0 Å².